The van der Waals surface area contributed by atoms with E-state index in [0.717, 1.165) is 16.7 Å². The highest BCUT2D eigenvalue weighted by Crippen LogP contribution is 2.39. The third-order valence-corrected chi connectivity index (χ3v) is 5.99. The number of aryl methyl sites for hydroxylation is 3. The van der Waals surface area contributed by atoms with Crippen molar-refractivity contribution < 1.29 is 18.6 Å². The molecule has 0 fully saturated rings. The molecule has 2 N–H and O–H groups in total. The second-order valence-electron chi connectivity index (χ2n) is 5.72. The molecule has 0 saturated heterocycles. The van der Waals surface area contributed by atoms with Crippen molar-refractivity contribution in [3.8, 4) is 11.5 Å². The predicted octanol–water partition coefficient (Wildman–Crippen LogP) is 3.47. The number of phenolic OH excluding ortho intramolecular Hbond substituents is 2. The van der Waals surface area contributed by atoms with Gasteiger partial charge in [-0.05, 0) is 74.6 Å². The fourth-order valence-electron chi connectivity index (χ4n) is 2.61. The normalized spacial score (nSPS) is 11.7. The molecule has 0 aliphatic carbocycles. The van der Waals surface area contributed by atoms with Crippen molar-refractivity contribution in [1.29, 1.82) is 0 Å². The number of benzene rings is 2. The van der Waals surface area contributed by atoms with E-state index in [1.807, 2.05) is 13.8 Å². The lowest BCUT2D eigenvalue weighted by molar-refractivity contribution is 0.449. The molecule has 2 aromatic carbocycles. The molecular formula is C17H20O4S. The van der Waals surface area contributed by atoms with Crippen LogP contribution in [0.5, 0.6) is 11.5 Å². The highest BCUT2D eigenvalue weighted by Gasteiger charge is 2.29. The van der Waals surface area contributed by atoms with E-state index in [1.165, 1.54) is 12.1 Å². The Hall–Kier alpha value is -2.01. The molecule has 0 radical (unpaired) electrons. The summed E-state index contributed by atoms with van der Waals surface area (Å²) in [6.45, 7) is 8.69. The lowest BCUT2D eigenvalue weighted by atomic mass is 10.0. The van der Waals surface area contributed by atoms with Crippen molar-refractivity contribution in [2.75, 3.05) is 0 Å². The standard InChI is InChI=1S/C17H20O4S/c1-9-6-11(3)16(19)15(7-9)22(20,21)17-13(5)12(4)10(2)8-14(17)18/h6-8,18-19H,1-5H3. The fraction of sp³-hybridized carbons (Fsp3) is 0.294. The molecule has 0 spiro atoms. The quantitative estimate of drug-likeness (QED) is 0.888. The zero-order valence-electron chi connectivity index (χ0n) is 13.4. The van der Waals surface area contributed by atoms with Gasteiger partial charge in [-0.3, -0.25) is 0 Å². The van der Waals surface area contributed by atoms with E-state index in [0.29, 0.717) is 11.1 Å². The molecule has 0 bridgehead atoms. The number of phenols is 2. The molecule has 0 saturated carbocycles. The Labute approximate surface area is 131 Å². The van der Waals surface area contributed by atoms with E-state index < -0.39 is 9.84 Å². The van der Waals surface area contributed by atoms with Crippen LogP contribution in [-0.4, -0.2) is 18.6 Å². The van der Waals surface area contributed by atoms with Crippen molar-refractivity contribution >= 4 is 9.84 Å². The third-order valence-electron chi connectivity index (χ3n) is 4.05. The maximum absolute atomic E-state index is 12.9. The van der Waals surface area contributed by atoms with Gasteiger partial charge in [-0.1, -0.05) is 6.07 Å². The van der Waals surface area contributed by atoms with Gasteiger partial charge in [0.2, 0.25) is 9.84 Å². The molecule has 0 aliphatic heterocycles. The molecule has 118 valence electrons. The van der Waals surface area contributed by atoms with Gasteiger partial charge in [0.05, 0.1) is 0 Å². The van der Waals surface area contributed by atoms with Crippen LogP contribution in [0.25, 0.3) is 0 Å². The van der Waals surface area contributed by atoms with E-state index >= 15 is 0 Å². The Balaban J connectivity index is 2.86. The van der Waals surface area contributed by atoms with Crippen LogP contribution in [0.15, 0.2) is 28.0 Å². The molecule has 0 heterocycles. The fourth-order valence-corrected chi connectivity index (χ4v) is 4.48. The van der Waals surface area contributed by atoms with Gasteiger partial charge in [0, 0.05) is 0 Å². The summed E-state index contributed by atoms with van der Waals surface area (Å²) in [5.74, 6) is -0.568. The lowest BCUT2D eigenvalue weighted by Gasteiger charge is -2.16. The first-order valence-electron chi connectivity index (χ1n) is 6.92. The SMILES string of the molecule is Cc1cc(C)c(O)c(S(=O)(=O)c2c(O)cc(C)c(C)c2C)c1. The number of sulfone groups is 1. The molecule has 22 heavy (non-hydrogen) atoms. The zero-order chi connectivity index (χ0) is 16.8. The van der Waals surface area contributed by atoms with Crippen molar-refractivity contribution in [1.82, 2.24) is 0 Å². The maximum atomic E-state index is 12.9. The Morgan fingerprint density at radius 2 is 1.41 bits per heavy atom. The minimum Gasteiger partial charge on any atom is -0.507 e. The van der Waals surface area contributed by atoms with Crippen LogP contribution < -0.4 is 0 Å². The van der Waals surface area contributed by atoms with Crippen LogP contribution in [0.1, 0.15) is 27.8 Å². The first-order chi connectivity index (χ1) is 10.1. The number of aromatic hydroxyl groups is 2. The van der Waals surface area contributed by atoms with Gasteiger partial charge in [-0.2, -0.15) is 0 Å². The Morgan fingerprint density at radius 3 is 2.00 bits per heavy atom. The van der Waals surface area contributed by atoms with E-state index in [2.05, 4.69) is 0 Å². The van der Waals surface area contributed by atoms with Crippen LogP contribution in [0.4, 0.5) is 0 Å². The van der Waals surface area contributed by atoms with Crippen molar-refractivity contribution in [2.24, 2.45) is 0 Å². The van der Waals surface area contributed by atoms with Gasteiger partial charge in [0.1, 0.15) is 21.3 Å². The van der Waals surface area contributed by atoms with Gasteiger partial charge >= 0.3 is 0 Å². The number of rotatable bonds is 2. The molecule has 0 aliphatic rings. The summed E-state index contributed by atoms with van der Waals surface area (Å²) in [6, 6.07) is 4.57. The first-order valence-corrected chi connectivity index (χ1v) is 8.40. The molecule has 0 atom stereocenters. The summed E-state index contributed by atoms with van der Waals surface area (Å²) in [4.78, 5) is -0.317. The summed E-state index contributed by atoms with van der Waals surface area (Å²) < 4.78 is 25.9. The molecular weight excluding hydrogens is 300 g/mol. The largest absolute Gasteiger partial charge is 0.507 e. The van der Waals surface area contributed by atoms with E-state index in [1.54, 1.807) is 26.8 Å². The average molecular weight is 320 g/mol. The van der Waals surface area contributed by atoms with Crippen LogP contribution in [-0.2, 0) is 9.84 Å². The topological polar surface area (TPSA) is 74.6 Å². The van der Waals surface area contributed by atoms with Gasteiger partial charge in [-0.15, -0.1) is 0 Å². The van der Waals surface area contributed by atoms with Gasteiger partial charge < -0.3 is 10.2 Å². The second-order valence-corrected chi connectivity index (χ2v) is 7.58. The highest BCUT2D eigenvalue weighted by atomic mass is 32.2. The smallest absolute Gasteiger partial charge is 0.214 e. The van der Waals surface area contributed by atoms with Crippen molar-refractivity contribution in [2.45, 2.75) is 44.4 Å². The van der Waals surface area contributed by atoms with Gasteiger partial charge in [0.25, 0.3) is 0 Å². The monoisotopic (exact) mass is 320 g/mol. The summed E-state index contributed by atoms with van der Waals surface area (Å²) in [7, 11) is -4.02. The summed E-state index contributed by atoms with van der Waals surface area (Å²) in [5.41, 5.74) is 3.34. The number of hydrogen-bond donors (Lipinski definition) is 2. The predicted molar refractivity (Wildman–Crippen MR) is 85.4 cm³/mol. The first kappa shape index (κ1) is 16.4. The molecule has 5 heteroatoms. The lowest BCUT2D eigenvalue weighted by Crippen LogP contribution is -2.08. The molecule has 2 rings (SSSR count). The minimum atomic E-state index is -4.02. The molecule has 0 amide bonds. The molecule has 4 nitrogen and oxygen atoms in total. The third kappa shape index (κ3) is 2.46. The molecule has 0 aromatic heterocycles. The van der Waals surface area contributed by atoms with E-state index in [9.17, 15) is 18.6 Å². The van der Waals surface area contributed by atoms with E-state index in [4.69, 9.17) is 0 Å². The average Bonchev–Trinajstić information content (AvgIpc) is 2.39. The van der Waals surface area contributed by atoms with Crippen LogP contribution >= 0.6 is 0 Å². The Morgan fingerprint density at radius 1 is 0.818 bits per heavy atom. The van der Waals surface area contributed by atoms with Crippen LogP contribution in [0, 0.1) is 34.6 Å². The second kappa shape index (κ2) is 5.32. The summed E-state index contributed by atoms with van der Waals surface area (Å²) in [5, 5.41) is 20.3. The van der Waals surface area contributed by atoms with Gasteiger partial charge in [0.15, 0.2) is 0 Å². The minimum absolute atomic E-state index is 0.143. The van der Waals surface area contributed by atoms with Gasteiger partial charge in [-0.25, -0.2) is 8.42 Å². The zero-order valence-corrected chi connectivity index (χ0v) is 14.2. The number of hydrogen-bond acceptors (Lipinski definition) is 4. The molecule has 2 aromatic rings. The van der Waals surface area contributed by atoms with Crippen molar-refractivity contribution in [3.63, 3.8) is 0 Å². The highest BCUT2D eigenvalue weighted by molar-refractivity contribution is 7.91. The summed E-state index contributed by atoms with van der Waals surface area (Å²) in [6.07, 6.45) is 0. The van der Waals surface area contributed by atoms with Crippen LogP contribution in [0.2, 0.25) is 0 Å². The van der Waals surface area contributed by atoms with Crippen molar-refractivity contribution in [3.05, 3.63) is 46.0 Å². The Bertz CT molecular complexity index is 865. The van der Waals surface area contributed by atoms with Crippen LogP contribution in [0.3, 0.4) is 0 Å². The van der Waals surface area contributed by atoms with E-state index in [-0.39, 0.29) is 21.3 Å². The molecule has 0 unspecified atom stereocenters. The Kier molecular flexibility index (Phi) is 3.96. The maximum Gasteiger partial charge on any atom is 0.214 e. The summed E-state index contributed by atoms with van der Waals surface area (Å²) >= 11 is 0.